The van der Waals surface area contributed by atoms with Crippen LogP contribution in [0.1, 0.15) is 29.3 Å². The van der Waals surface area contributed by atoms with Crippen LogP contribution in [0, 0.1) is 6.92 Å². The van der Waals surface area contributed by atoms with Crippen molar-refractivity contribution in [3.8, 4) is 5.69 Å². The number of nitrogens with zero attached hydrogens (tertiary/aromatic N) is 2. The Morgan fingerprint density at radius 3 is 2.42 bits per heavy atom. The smallest absolute Gasteiger partial charge is 0.324 e. The van der Waals surface area contributed by atoms with E-state index in [1.807, 2.05) is 59.3 Å². The molecule has 1 aromatic heterocycles. The zero-order valence-electron chi connectivity index (χ0n) is 20.7. The third kappa shape index (κ3) is 4.22. The van der Waals surface area contributed by atoms with Crippen molar-refractivity contribution < 1.29 is 13.2 Å². The number of aromatic nitrogens is 2. The van der Waals surface area contributed by atoms with Gasteiger partial charge in [0.2, 0.25) is 0 Å². The second-order valence-corrected chi connectivity index (χ2v) is 11.3. The van der Waals surface area contributed by atoms with Gasteiger partial charge in [-0.15, -0.1) is 0 Å². The van der Waals surface area contributed by atoms with Gasteiger partial charge in [-0.2, -0.15) is 0 Å². The molecular weight excluding hydrogens is 496 g/mol. The fourth-order valence-electron chi connectivity index (χ4n) is 5.22. The van der Waals surface area contributed by atoms with Crippen molar-refractivity contribution in [2.24, 2.45) is 0 Å². The maximum Gasteiger partial charge on any atom is 0.329 e. The van der Waals surface area contributed by atoms with Gasteiger partial charge in [-0.25, -0.2) is 22.9 Å². The molecule has 1 aliphatic carbocycles. The number of benzene rings is 4. The number of sulfonamides is 1. The molecule has 8 heteroatoms. The van der Waals surface area contributed by atoms with Crippen LogP contribution in [0.3, 0.4) is 0 Å². The highest BCUT2D eigenvalue weighted by Gasteiger charge is 2.60. The molecule has 1 aliphatic rings. The number of carbonyl (C=O) groups is 1. The second kappa shape index (κ2) is 9.15. The van der Waals surface area contributed by atoms with Gasteiger partial charge in [0, 0.05) is 24.0 Å². The average Bonchev–Trinajstić information content (AvgIpc) is 3.41. The van der Waals surface area contributed by atoms with Crippen molar-refractivity contribution in [2.75, 3.05) is 0 Å². The zero-order valence-corrected chi connectivity index (χ0v) is 21.5. The second-order valence-electron chi connectivity index (χ2n) is 9.62. The Morgan fingerprint density at radius 1 is 0.921 bits per heavy atom. The highest BCUT2D eigenvalue weighted by atomic mass is 32.2. The van der Waals surface area contributed by atoms with Crippen LogP contribution in [0.2, 0.25) is 0 Å². The van der Waals surface area contributed by atoms with Crippen molar-refractivity contribution >= 4 is 26.8 Å². The molecule has 1 heterocycles. The lowest BCUT2D eigenvalue weighted by molar-refractivity contribution is 0.239. The van der Waals surface area contributed by atoms with E-state index in [1.54, 1.807) is 31.3 Å². The largest absolute Gasteiger partial charge is 0.329 e. The molecule has 0 bridgehead atoms. The first-order valence-corrected chi connectivity index (χ1v) is 13.8. The molecule has 4 aromatic carbocycles. The molecule has 0 radical (unpaired) electrons. The van der Waals surface area contributed by atoms with Gasteiger partial charge in [-0.3, -0.25) is 0 Å². The number of imidazole rings is 1. The fourth-order valence-corrected chi connectivity index (χ4v) is 6.38. The summed E-state index contributed by atoms with van der Waals surface area (Å²) in [6.07, 6.45) is 4.15. The number of fused-ring (bicyclic) bond motifs is 1. The molecule has 0 spiro atoms. The number of amides is 2. The van der Waals surface area contributed by atoms with Gasteiger partial charge in [0.15, 0.2) is 0 Å². The molecule has 2 N–H and O–H groups in total. The highest BCUT2D eigenvalue weighted by Crippen LogP contribution is 2.58. The topological polar surface area (TPSA) is 93.1 Å². The number of rotatable bonds is 6. The number of nitrogens with one attached hydrogen (secondary N) is 2. The quantitative estimate of drug-likeness (QED) is 0.312. The summed E-state index contributed by atoms with van der Waals surface area (Å²) >= 11 is 0. The van der Waals surface area contributed by atoms with E-state index >= 15 is 0 Å². The lowest BCUT2D eigenvalue weighted by Gasteiger charge is -2.22. The van der Waals surface area contributed by atoms with Crippen molar-refractivity contribution in [2.45, 2.75) is 29.7 Å². The lowest BCUT2D eigenvalue weighted by atomic mass is 10.0. The summed E-state index contributed by atoms with van der Waals surface area (Å²) in [6, 6.07) is 29.9. The number of carbonyl (C=O) groups excluding carboxylic acids is 1. The van der Waals surface area contributed by atoms with E-state index in [0.717, 1.165) is 22.0 Å². The average molecular weight is 523 g/mol. The minimum atomic E-state index is -4.06. The molecule has 2 atom stereocenters. The molecule has 0 aliphatic heterocycles. The number of hydrogen-bond acceptors (Lipinski definition) is 4. The van der Waals surface area contributed by atoms with Gasteiger partial charge in [-0.1, -0.05) is 78.9 Å². The summed E-state index contributed by atoms with van der Waals surface area (Å²) in [4.78, 5) is 18.0. The van der Waals surface area contributed by atoms with Gasteiger partial charge in [0.25, 0.3) is 10.0 Å². The first kappa shape index (κ1) is 23.9. The molecule has 2 amide bonds. The van der Waals surface area contributed by atoms with Crippen LogP contribution < -0.4 is 10.0 Å². The van der Waals surface area contributed by atoms with E-state index in [2.05, 4.69) is 39.3 Å². The summed E-state index contributed by atoms with van der Waals surface area (Å²) < 4.78 is 30.2. The fraction of sp³-hybridized carbons (Fsp3) is 0.133. The van der Waals surface area contributed by atoms with Gasteiger partial charge < -0.3 is 9.88 Å². The summed E-state index contributed by atoms with van der Waals surface area (Å²) in [5.74, 6) is 0.572. The van der Waals surface area contributed by atoms with Crippen molar-refractivity contribution in [1.29, 1.82) is 0 Å². The molecule has 7 nitrogen and oxygen atoms in total. The maximum atomic E-state index is 13.3. The summed E-state index contributed by atoms with van der Waals surface area (Å²) in [5.41, 5.74) is 1.62. The minimum Gasteiger partial charge on any atom is -0.324 e. The summed E-state index contributed by atoms with van der Waals surface area (Å²) in [7, 11) is -4.06. The Hall–Kier alpha value is -4.43. The van der Waals surface area contributed by atoms with E-state index in [1.165, 1.54) is 6.07 Å². The molecule has 6 rings (SSSR count). The van der Waals surface area contributed by atoms with Crippen LogP contribution in [0.5, 0.6) is 0 Å². The predicted molar refractivity (Wildman–Crippen MR) is 147 cm³/mol. The zero-order chi connectivity index (χ0) is 26.3. The Labute approximate surface area is 221 Å². The van der Waals surface area contributed by atoms with E-state index in [-0.39, 0.29) is 10.8 Å². The van der Waals surface area contributed by atoms with Crippen molar-refractivity contribution in [3.05, 3.63) is 126 Å². The monoisotopic (exact) mass is 522 g/mol. The molecular formula is C30H26N4O3S. The van der Waals surface area contributed by atoms with Crippen LogP contribution in [-0.2, 0) is 15.6 Å². The van der Waals surface area contributed by atoms with Crippen molar-refractivity contribution in [1.82, 2.24) is 19.6 Å². The first-order chi connectivity index (χ1) is 18.4. The van der Waals surface area contributed by atoms with Crippen LogP contribution in [0.4, 0.5) is 4.79 Å². The maximum absolute atomic E-state index is 13.3. The number of hydrogen-bond donors (Lipinski definition) is 2. The van der Waals surface area contributed by atoms with E-state index in [9.17, 15) is 13.2 Å². The van der Waals surface area contributed by atoms with Crippen LogP contribution in [-0.4, -0.2) is 24.0 Å². The van der Waals surface area contributed by atoms with Crippen LogP contribution in [0.15, 0.2) is 114 Å². The summed E-state index contributed by atoms with van der Waals surface area (Å²) in [5, 5.41) is 5.21. The summed E-state index contributed by atoms with van der Waals surface area (Å²) in [6.45, 7) is 1.70. The molecule has 5 aromatic rings. The standard InChI is InChI=1S/C30H26N4O3S/c1-21-9-5-8-14-27(21)38(36,37)33-29(35)32-30(20-26(30)23-11-3-2-4-12-23)28-31-17-18-34(28)25-16-15-22-10-6-7-13-24(22)19-25/h2-19,26H,20H2,1H3,(H2,32,33,35). The van der Waals surface area contributed by atoms with Gasteiger partial charge in [0.05, 0.1) is 4.90 Å². The Kier molecular flexibility index (Phi) is 5.76. The molecule has 0 saturated heterocycles. The molecule has 1 fully saturated rings. The third-order valence-electron chi connectivity index (χ3n) is 7.16. The van der Waals surface area contributed by atoms with E-state index in [4.69, 9.17) is 0 Å². The number of urea groups is 1. The van der Waals surface area contributed by atoms with E-state index in [0.29, 0.717) is 17.8 Å². The minimum absolute atomic E-state index is 0.0669. The number of aryl methyl sites for hydroxylation is 1. The van der Waals surface area contributed by atoms with Crippen molar-refractivity contribution in [3.63, 3.8) is 0 Å². The normalized spacial score (nSPS) is 18.7. The molecule has 38 heavy (non-hydrogen) atoms. The van der Waals surface area contributed by atoms with Gasteiger partial charge >= 0.3 is 6.03 Å². The highest BCUT2D eigenvalue weighted by molar-refractivity contribution is 7.90. The SMILES string of the molecule is Cc1ccccc1S(=O)(=O)NC(=O)NC1(c2nccn2-c2ccc3ccccc3c2)CC1c1ccccc1. The van der Waals surface area contributed by atoms with Gasteiger partial charge in [-0.05, 0) is 53.4 Å². The first-order valence-electron chi connectivity index (χ1n) is 12.4. The predicted octanol–water partition coefficient (Wildman–Crippen LogP) is 5.40. The molecule has 1 saturated carbocycles. The third-order valence-corrected chi connectivity index (χ3v) is 8.65. The Bertz CT molecular complexity index is 1760. The lowest BCUT2D eigenvalue weighted by Crippen LogP contribution is -2.46. The van der Waals surface area contributed by atoms with Crippen LogP contribution >= 0.6 is 0 Å². The Balaban J connectivity index is 1.37. The Morgan fingerprint density at radius 2 is 1.63 bits per heavy atom. The van der Waals surface area contributed by atoms with E-state index < -0.39 is 21.6 Å². The molecule has 2 unspecified atom stereocenters. The van der Waals surface area contributed by atoms with Crippen LogP contribution in [0.25, 0.3) is 16.5 Å². The molecule has 190 valence electrons. The van der Waals surface area contributed by atoms with Gasteiger partial charge in [0.1, 0.15) is 11.4 Å².